The number of allylic oxidation sites excluding steroid dienone is 2. The van der Waals surface area contributed by atoms with Crippen molar-refractivity contribution >= 4 is 40.7 Å². The highest BCUT2D eigenvalue weighted by Crippen LogP contribution is 2.47. The summed E-state index contributed by atoms with van der Waals surface area (Å²) in [6, 6.07) is 15.3. The molecule has 0 saturated heterocycles. The highest BCUT2D eigenvalue weighted by Gasteiger charge is 2.45. The zero-order valence-electron chi connectivity index (χ0n) is 19.0. The maximum atomic E-state index is 13.6. The minimum Gasteiger partial charge on any atom is -0.462 e. The molecule has 1 heterocycles. The van der Waals surface area contributed by atoms with E-state index in [0.29, 0.717) is 40.6 Å². The van der Waals surface area contributed by atoms with Gasteiger partial charge in [0.05, 0.1) is 16.1 Å². The van der Waals surface area contributed by atoms with Crippen LogP contribution in [0.15, 0.2) is 64.8 Å². The van der Waals surface area contributed by atoms with Crippen LogP contribution in [0.3, 0.4) is 0 Å². The Morgan fingerprint density at radius 3 is 2.48 bits per heavy atom. The van der Waals surface area contributed by atoms with Gasteiger partial charge in [0.25, 0.3) is 0 Å². The molecule has 33 heavy (non-hydrogen) atoms. The molecular formula is C27H27Cl2NO3. The van der Waals surface area contributed by atoms with E-state index in [9.17, 15) is 9.59 Å². The van der Waals surface area contributed by atoms with E-state index in [0.717, 1.165) is 16.8 Å². The van der Waals surface area contributed by atoms with Crippen LogP contribution in [0.1, 0.15) is 63.0 Å². The number of ketones is 1. The molecule has 1 unspecified atom stereocenters. The van der Waals surface area contributed by atoms with Gasteiger partial charge in [-0.2, -0.15) is 0 Å². The molecule has 1 aliphatic heterocycles. The summed E-state index contributed by atoms with van der Waals surface area (Å²) >= 11 is 12.5. The minimum absolute atomic E-state index is 0.0127. The van der Waals surface area contributed by atoms with Crippen LogP contribution in [0.25, 0.3) is 0 Å². The van der Waals surface area contributed by atoms with E-state index in [-0.39, 0.29) is 23.8 Å². The number of nitrogens with zero attached hydrogens (tertiary/aromatic N) is 1. The van der Waals surface area contributed by atoms with Crippen LogP contribution >= 0.6 is 23.2 Å². The Morgan fingerprint density at radius 1 is 1.09 bits per heavy atom. The van der Waals surface area contributed by atoms with Gasteiger partial charge < -0.3 is 4.74 Å². The van der Waals surface area contributed by atoms with Crippen LogP contribution in [0.5, 0.6) is 0 Å². The molecule has 4 rings (SSSR count). The van der Waals surface area contributed by atoms with Crippen molar-refractivity contribution < 1.29 is 14.3 Å². The second kappa shape index (κ2) is 9.82. The zero-order chi connectivity index (χ0) is 23.7. The van der Waals surface area contributed by atoms with E-state index in [1.54, 1.807) is 12.1 Å². The highest BCUT2D eigenvalue weighted by atomic mass is 35.5. The summed E-state index contributed by atoms with van der Waals surface area (Å²) in [5.74, 6) is -1.49. The topological polar surface area (TPSA) is 55.7 Å². The summed E-state index contributed by atoms with van der Waals surface area (Å²) in [5, 5.41) is 0.810. The molecule has 0 fully saturated rings. The van der Waals surface area contributed by atoms with Gasteiger partial charge in [0.1, 0.15) is 5.92 Å². The molecule has 6 heteroatoms. The van der Waals surface area contributed by atoms with Crippen LogP contribution < -0.4 is 0 Å². The molecule has 2 aromatic rings. The second-order valence-corrected chi connectivity index (χ2v) is 9.65. The van der Waals surface area contributed by atoms with Crippen LogP contribution in [0.2, 0.25) is 10.0 Å². The molecule has 0 aromatic heterocycles. The van der Waals surface area contributed by atoms with E-state index in [1.165, 1.54) is 0 Å². The number of halogens is 2. The molecule has 0 N–H and O–H groups in total. The third-order valence-corrected chi connectivity index (χ3v) is 7.35. The summed E-state index contributed by atoms with van der Waals surface area (Å²) in [6.07, 6.45) is 1.51. The van der Waals surface area contributed by atoms with Gasteiger partial charge in [0.2, 0.25) is 0 Å². The Balaban J connectivity index is 1.80. The van der Waals surface area contributed by atoms with E-state index >= 15 is 0 Å². The summed E-state index contributed by atoms with van der Waals surface area (Å²) in [5.41, 5.74) is 3.89. The average molecular weight is 484 g/mol. The fourth-order valence-electron chi connectivity index (χ4n) is 4.75. The molecule has 0 radical (unpaired) electrons. The number of carbonyl (C=O) groups excluding carboxylic acids is 2. The minimum atomic E-state index is -0.688. The molecule has 4 atom stereocenters. The highest BCUT2D eigenvalue weighted by molar-refractivity contribution is 6.42. The maximum absolute atomic E-state index is 13.6. The zero-order valence-corrected chi connectivity index (χ0v) is 20.5. The van der Waals surface area contributed by atoms with Gasteiger partial charge in [-0.3, -0.25) is 14.6 Å². The standard InChI is InChI=1S/C27H27Cl2NO3/c1-4-15(2)33-27(32)24-16(3)30-22-13-19(17-8-6-5-7-9-17)14-23(31)26(22)25(24)18-10-11-20(28)21(29)12-18/h5-12,15,19,24-25H,4,13-14H2,1-3H3/t15-,19+,24?,25+/m0/s1. The predicted molar refractivity (Wildman–Crippen MR) is 132 cm³/mol. The molecule has 0 spiro atoms. The van der Waals surface area contributed by atoms with Crippen LogP contribution in [-0.2, 0) is 14.3 Å². The SMILES string of the molecule is CC[C@H](C)OC(=O)C1C(C)=NC2=C(C(=O)C[C@H](c3ccccc3)C2)[C@@H]1c1ccc(Cl)c(Cl)c1. The fraction of sp³-hybridized carbons (Fsp3) is 0.370. The number of benzene rings is 2. The summed E-state index contributed by atoms with van der Waals surface area (Å²) in [6.45, 7) is 5.67. The van der Waals surface area contributed by atoms with Crippen molar-refractivity contribution in [1.82, 2.24) is 0 Å². The maximum Gasteiger partial charge on any atom is 0.315 e. The first-order valence-corrected chi connectivity index (χ1v) is 12.1. The van der Waals surface area contributed by atoms with Crippen LogP contribution in [-0.4, -0.2) is 23.6 Å². The lowest BCUT2D eigenvalue weighted by Crippen LogP contribution is -2.39. The van der Waals surface area contributed by atoms with Gasteiger partial charge in [-0.15, -0.1) is 0 Å². The molecule has 0 bridgehead atoms. The van der Waals surface area contributed by atoms with Crippen LogP contribution in [0, 0.1) is 5.92 Å². The molecule has 2 aliphatic rings. The monoisotopic (exact) mass is 483 g/mol. The van der Waals surface area contributed by atoms with Crippen molar-refractivity contribution in [2.75, 3.05) is 0 Å². The van der Waals surface area contributed by atoms with E-state index in [1.807, 2.05) is 57.2 Å². The molecule has 2 aromatic carbocycles. The average Bonchev–Trinajstić information content (AvgIpc) is 2.80. The molecule has 0 amide bonds. The molecule has 1 aliphatic carbocycles. The Morgan fingerprint density at radius 2 is 1.82 bits per heavy atom. The van der Waals surface area contributed by atoms with Crippen molar-refractivity contribution in [2.45, 2.75) is 58.0 Å². The number of rotatable bonds is 5. The van der Waals surface area contributed by atoms with Gasteiger partial charge in [0.15, 0.2) is 5.78 Å². The number of carbonyl (C=O) groups is 2. The van der Waals surface area contributed by atoms with Crippen molar-refractivity contribution in [3.8, 4) is 0 Å². The third-order valence-electron chi connectivity index (χ3n) is 6.61. The summed E-state index contributed by atoms with van der Waals surface area (Å²) in [4.78, 5) is 31.6. The number of aliphatic imine (C=N–C) groups is 1. The summed E-state index contributed by atoms with van der Waals surface area (Å²) in [7, 11) is 0. The fourth-order valence-corrected chi connectivity index (χ4v) is 5.05. The number of hydrogen-bond acceptors (Lipinski definition) is 4. The van der Waals surface area contributed by atoms with Crippen molar-refractivity contribution in [3.63, 3.8) is 0 Å². The summed E-state index contributed by atoms with van der Waals surface area (Å²) < 4.78 is 5.71. The van der Waals surface area contributed by atoms with Crippen molar-refractivity contribution in [1.29, 1.82) is 0 Å². The van der Waals surface area contributed by atoms with E-state index in [2.05, 4.69) is 0 Å². The lowest BCUT2D eigenvalue weighted by atomic mass is 9.69. The number of esters is 1. The number of Topliss-reactive ketones (excluding diaryl/α,β-unsaturated/α-hetero) is 1. The number of hydrogen-bond donors (Lipinski definition) is 0. The Labute approximate surface area is 204 Å². The largest absolute Gasteiger partial charge is 0.462 e. The van der Waals surface area contributed by atoms with E-state index < -0.39 is 11.8 Å². The molecule has 0 saturated carbocycles. The van der Waals surface area contributed by atoms with Crippen molar-refractivity contribution in [2.24, 2.45) is 10.9 Å². The Hall–Kier alpha value is -2.43. The first-order valence-electron chi connectivity index (χ1n) is 11.3. The normalized spacial score (nSPS) is 23.6. The van der Waals surface area contributed by atoms with Gasteiger partial charge in [-0.05, 0) is 55.9 Å². The van der Waals surface area contributed by atoms with Gasteiger partial charge in [-0.1, -0.05) is 66.5 Å². The van der Waals surface area contributed by atoms with Gasteiger partial charge in [0, 0.05) is 29.3 Å². The van der Waals surface area contributed by atoms with Gasteiger partial charge >= 0.3 is 5.97 Å². The van der Waals surface area contributed by atoms with Crippen LogP contribution in [0.4, 0.5) is 0 Å². The predicted octanol–water partition coefficient (Wildman–Crippen LogP) is 6.91. The molecular weight excluding hydrogens is 457 g/mol. The Bertz CT molecular complexity index is 1140. The first kappa shape index (κ1) is 23.7. The second-order valence-electron chi connectivity index (χ2n) is 8.84. The smallest absolute Gasteiger partial charge is 0.315 e. The molecule has 4 nitrogen and oxygen atoms in total. The lowest BCUT2D eigenvalue weighted by molar-refractivity contribution is -0.151. The lowest BCUT2D eigenvalue weighted by Gasteiger charge is -2.37. The van der Waals surface area contributed by atoms with Crippen molar-refractivity contribution in [3.05, 3.63) is 81.0 Å². The third kappa shape index (κ3) is 4.78. The first-order chi connectivity index (χ1) is 15.8. The van der Waals surface area contributed by atoms with E-state index in [4.69, 9.17) is 32.9 Å². The quantitative estimate of drug-likeness (QED) is 0.434. The number of ether oxygens (including phenoxy) is 1. The molecule has 172 valence electrons. The Kier molecular flexibility index (Phi) is 7.06. The van der Waals surface area contributed by atoms with Gasteiger partial charge in [-0.25, -0.2) is 0 Å².